The molecule has 2 heterocycles. The van der Waals surface area contributed by atoms with E-state index in [2.05, 4.69) is 51.4 Å². The molecule has 2 fully saturated rings. The van der Waals surface area contributed by atoms with Crippen LogP contribution in [0.1, 0.15) is 41.3 Å². The Kier molecular flexibility index (Phi) is 5.54. The number of anilines is 1. The Morgan fingerprint density at radius 2 is 1.79 bits per heavy atom. The lowest BCUT2D eigenvalue weighted by atomic mass is 10.1. The molecule has 1 aromatic carbocycles. The predicted octanol–water partition coefficient (Wildman–Crippen LogP) is 2.16. The number of piperidine rings is 1. The number of carbonyl (C=O) groups excluding carboxylic acids is 1. The molecule has 7 heteroatoms. The van der Waals surface area contributed by atoms with E-state index in [9.17, 15) is 4.79 Å². The van der Waals surface area contributed by atoms with Crippen LogP contribution in [0.15, 0.2) is 36.7 Å². The SMILES string of the molecule is CCCCc1ccc(CNC2[C@H]3CN(c4ncc(C(=O)NO)cn4)C[C@@H]23)cc1. The molecule has 3 N–H and O–H groups in total. The topological polar surface area (TPSA) is 90.4 Å². The maximum atomic E-state index is 11.3. The van der Waals surface area contributed by atoms with Crippen LogP contribution in [-0.4, -0.2) is 40.2 Å². The van der Waals surface area contributed by atoms with Gasteiger partial charge in [-0.15, -0.1) is 0 Å². The normalized spacial score (nSPS) is 22.8. The largest absolute Gasteiger partial charge is 0.340 e. The fourth-order valence-electron chi connectivity index (χ4n) is 4.10. The number of unbranched alkanes of at least 4 members (excludes halogenated alkanes) is 1. The number of benzene rings is 1. The smallest absolute Gasteiger partial charge is 0.277 e. The summed E-state index contributed by atoms with van der Waals surface area (Å²) in [6.07, 6.45) is 6.54. The Morgan fingerprint density at radius 3 is 2.39 bits per heavy atom. The molecule has 1 aliphatic carbocycles. The number of nitrogens with zero attached hydrogens (tertiary/aromatic N) is 3. The van der Waals surface area contributed by atoms with Crippen molar-refractivity contribution in [2.75, 3.05) is 18.0 Å². The first-order valence-electron chi connectivity index (χ1n) is 10.0. The highest BCUT2D eigenvalue weighted by atomic mass is 16.5. The van der Waals surface area contributed by atoms with Crippen LogP contribution in [0, 0.1) is 11.8 Å². The van der Waals surface area contributed by atoms with Gasteiger partial charge in [-0.25, -0.2) is 15.4 Å². The average molecular weight is 381 g/mol. The summed E-state index contributed by atoms with van der Waals surface area (Å²) in [7, 11) is 0. The minimum Gasteiger partial charge on any atom is -0.340 e. The Labute approximate surface area is 165 Å². The first-order valence-corrected chi connectivity index (χ1v) is 10.0. The second-order valence-corrected chi connectivity index (χ2v) is 7.77. The summed E-state index contributed by atoms with van der Waals surface area (Å²) >= 11 is 0. The van der Waals surface area contributed by atoms with E-state index in [1.807, 2.05) is 0 Å². The van der Waals surface area contributed by atoms with Crippen LogP contribution in [0.2, 0.25) is 0 Å². The van der Waals surface area contributed by atoms with E-state index >= 15 is 0 Å². The van der Waals surface area contributed by atoms with Crippen molar-refractivity contribution in [3.8, 4) is 0 Å². The van der Waals surface area contributed by atoms with Crippen molar-refractivity contribution in [2.24, 2.45) is 11.8 Å². The zero-order valence-electron chi connectivity index (χ0n) is 16.1. The van der Waals surface area contributed by atoms with Gasteiger partial charge in [0.05, 0.1) is 5.56 Å². The van der Waals surface area contributed by atoms with Gasteiger partial charge >= 0.3 is 0 Å². The van der Waals surface area contributed by atoms with Crippen LogP contribution in [0.25, 0.3) is 0 Å². The fraction of sp³-hybridized carbons (Fsp3) is 0.476. The number of hydroxylamine groups is 1. The van der Waals surface area contributed by atoms with Crippen LogP contribution in [-0.2, 0) is 13.0 Å². The molecule has 1 unspecified atom stereocenters. The predicted molar refractivity (Wildman–Crippen MR) is 106 cm³/mol. The van der Waals surface area contributed by atoms with Crippen molar-refractivity contribution in [3.05, 3.63) is 53.3 Å². The van der Waals surface area contributed by atoms with Gasteiger partial charge in [-0.05, 0) is 35.8 Å². The Morgan fingerprint density at radius 1 is 1.14 bits per heavy atom. The number of aryl methyl sites for hydroxylation is 1. The third-order valence-electron chi connectivity index (χ3n) is 5.86. The number of aromatic nitrogens is 2. The molecule has 1 saturated carbocycles. The molecule has 7 nitrogen and oxygen atoms in total. The van der Waals surface area contributed by atoms with Gasteiger partial charge in [0.1, 0.15) is 0 Å². The Balaban J connectivity index is 1.23. The lowest BCUT2D eigenvalue weighted by molar-refractivity contribution is 0.0705. The minimum atomic E-state index is -0.599. The summed E-state index contributed by atoms with van der Waals surface area (Å²) in [4.78, 5) is 22.0. The van der Waals surface area contributed by atoms with Gasteiger partial charge in [0.15, 0.2) is 0 Å². The lowest BCUT2D eigenvalue weighted by Crippen LogP contribution is -2.32. The minimum absolute atomic E-state index is 0.246. The third kappa shape index (κ3) is 4.00. The molecule has 1 saturated heterocycles. The molecule has 2 aromatic rings. The summed E-state index contributed by atoms with van der Waals surface area (Å²) in [5, 5.41) is 12.3. The summed E-state index contributed by atoms with van der Waals surface area (Å²) in [5.74, 6) is 1.31. The molecule has 3 atom stereocenters. The van der Waals surface area contributed by atoms with Crippen molar-refractivity contribution >= 4 is 11.9 Å². The molecule has 2 aliphatic rings. The van der Waals surface area contributed by atoms with E-state index in [0.717, 1.165) is 19.6 Å². The number of carbonyl (C=O) groups is 1. The summed E-state index contributed by atoms with van der Waals surface area (Å²) < 4.78 is 0. The zero-order valence-corrected chi connectivity index (χ0v) is 16.1. The second kappa shape index (κ2) is 8.24. The Hall–Kier alpha value is -2.51. The molecule has 1 amide bonds. The van der Waals surface area contributed by atoms with Gasteiger partial charge in [-0.1, -0.05) is 37.6 Å². The van der Waals surface area contributed by atoms with Crippen LogP contribution >= 0.6 is 0 Å². The molecule has 0 bridgehead atoms. The van der Waals surface area contributed by atoms with Crippen LogP contribution in [0.5, 0.6) is 0 Å². The van der Waals surface area contributed by atoms with Gasteiger partial charge in [-0.3, -0.25) is 10.0 Å². The number of fused-ring (bicyclic) bond motifs is 1. The molecule has 4 rings (SSSR count). The van der Waals surface area contributed by atoms with E-state index in [1.165, 1.54) is 42.8 Å². The standard InChI is InChI=1S/C21H27N5O2/c1-2-3-4-14-5-7-15(8-6-14)9-22-19-17-12-26(13-18(17)19)21-23-10-16(11-24-21)20(27)25-28/h5-8,10-11,17-19,22,28H,2-4,9,12-13H2,1H3,(H,25,27)/t17-,18+,19?. The fourth-order valence-corrected chi connectivity index (χ4v) is 4.10. The monoisotopic (exact) mass is 381 g/mol. The maximum Gasteiger partial charge on any atom is 0.277 e. The summed E-state index contributed by atoms with van der Waals surface area (Å²) in [5.41, 5.74) is 4.59. The van der Waals surface area contributed by atoms with Crippen molar-refractivity contribution in [1.82, 2.24) is 20.8 Å². The highest BCUT2D eigenvalue weighted by Gasteiger charge is 2.55. The molecular weight excluding hydrogens is 354 g/mol. The Bertz CT molecular complexity index is 797. The molecule has 0 radical (unpaired) electrons. The van der Waals surface area contributed by atoms with E-state index < -0.39 is 5.91 Å². The van der Waals surface area contributed by atoms with Crippen molar-refractivity contribution in [1.29, 1.82) is 0 Å². The number of hydrogen-bond acceptors (Lipinski definition) is 6. The number of hydrogen-bond donors (Lipinski definition) is 3. The van der Waals surface area contributed by atoms with Gasteiger partial charge in [0.2, 0.25) is 5.95 Å². The highest BCUT2D eigenvalue weighted by molar-refractivity contribution is 5.92. The first-order chi connectivity index (χ1) is 13.7. The molecule has 1 aliphatic heterocycles. The number of rotatable bonds is 8. The number of amides is 1. The van der Waals surface area contributed by atoms with Gasteiger partial charge in [-0.2, -0.15) is 0 Å². The van der Waals surface area contributed by atoms with Crippen LogP contribution in [0.3, 0.4) is 0 Å². The van der Waals surface area contributed by atoms with Crippen molar-refractivity contribution in [2.45, 2.75) is 38.8 Å². The molecule has 0 spiro atoms. The first kappa shape index (κ1) is 18.8. The maximum absolute atomic E-state index is 11.3. The van der Waals surface area contributed by atoms with Gasteiger partial charge in [0.25, 0.3) is 5.91 Å². The van der Waals surface area contributed by atoms with E-state index in [-0.39, 0.29) is 5.56 Å². The third-order valence-corrected chi connectivity index (χ3v) is 5.86. The molecule has 28 heavy (non-hydrogen) atoms. The molecule has 148 valence electrons. The summed E-state index contributed by atoms with van der Waals surface area (Å²) in [6, 6.07) is 9.54. The number of nitrogens with one attached hydrogen (secondary N) is 2. The van der Waals surface area contributed by atoms with E-state index in [1.54, 1.807) is 5.48 Å². The van der Waals surface area contributed by atoms with Gasteiger partial charge in [0, 0.05) is 38.1 Å². The van der Waals surface area contributed by atoms with Crippen molar-refractivity contribution < 1.29 is 10.0 Å². The van der Waals surface area contributed by atoms with Gasteiger partial charge < -0.3 is 10.2 Å². The van der Waals surface area contributed by atoms with E-state index in [4.69, 9.17) is 5.21 Å². The molecular formula is C21H27N5O2. The summed E-state index contributed by atoms with van der Waals surface area (Å²) in [6.45, 7) is 5.00. The lowest BCUT2D eigenvalue weighted by Gasteiger charge is -2.20. The van der Waals surface area contributed by atoms with Crippen LogP contribution < -0.4 is 15.7 Å². The quantitative estimate of drug-likeness (QED) is 0.480. The highest BCUT2D eigenvalue weighted by Crippen LogP contribution is 2.46. The van der Waals surface area contributed by atoms with E-state index in [0.29, 0.717) is 23.8 Å². The second-order valence-electron chi connectivity index (χ2n) is 7.77. The van der Waals surface area contributed by atoms with Crippen LogP contribution in [0.4, 0.5) is 5.95 Å². The van der Waals surface area contributed by atoms with Crippen molar-refractivity contribution in [3.63, 3.8) is 0 Å². The zero-order chi connectivity index (χ0) is 19.5. The molecule has 1 aromatic heterocycles. The average Bonchev–Trinajstić information content (AvgIpc) is 3.19.